The van der Waals surface area contributed by atoms with Gasteiger partial charge in [0.05, 0.1) is 17.3 Å². The molecule has 0 saturated carbocycles. The summed E-state index contributed by atoms with van der Waals surface area (Å²) < 4.78 is 0. The van der Waals surface area contributed by atoms with E-state index in [1.165, 1.54) is 10.4 Å². The summed E-state index contributed by atoms with van der Waals surface area (Å²) in [6, 6.07) is 5.58. The molecule has 0 spiro atoms. The summed E-state index contributed by atoms with van der Waals surface area (Å²) >= 11 is 7.58. The third-order valence-electron chi connectivity index (χ3n) is 3.68. The van der Waals surface area contributed by atoms with Crippen LogP contribution in [0.1, 0.15) is 34.9 Å². The van der Waals surface area contributed by atoms with E-state index in [9.17, 15) is 4.79 Å². The van der Waals surface area contributed by atoms with Crippen LogP contribution in [0.2, 0.25) is 5.15 Å². The van der Waals surface area contributed by atoms with E-state index < -0.39 is 0 Å². The highest BCUT2D eigenvalue weighted by molar-refractivity contribution is 7.10. The van der Waals surface area contributed by atoms with Crippen LogP contribution in [0.3, 0.4) is 0 Å². The van der Waals surface area contributed by atoms with Gasteiger partial charge in [0, 0.05) is 4.88 Å². The average molecular weight is 307 g/mol. The molecule has 0 saturated heterocycles. The van der Waals surface area contributed by atoms with Crippen molar-refractivity contribution in [2.24, 2.45) is 0 Å². The number of amides is 1. The van der Waals surface area contributed by atoms with Crippen molar-refractivity contribution in [2.45, 2.75) is 32.1 Å². The molecule has 5 heteroatoms. The van der Waals surface area contributed by atoms with Gasteiger partial charge in [-0.1, -0.05) is 11.6 Å². The third kappa shape index (κ3) is 2.58. The quantitative estimate of drug-likeness (QED) is 0.846. The van der Waals surface area contributed by atoms with Crippen LogP contribution in [-0.2, 0) is 11.2 Å². The first kappa shape index (κ1) is 13.6. The molecule has 3 nitrogen and oxygen atoms in total. The van der Waals surface area contributed by atoms with Crippen molar-refractivity contribution in [3.8, 4) is 0 Å². The second-order valence-corrected chi connectivity index (χ2v) is 6.39. The van der Waals surface area contributed by atoms with Gasteiger partial charge < -0.3 is 5.32 Å². The third-order valence-corrected chi connectivity index (χ3v) is 4.89. The first-order valence-electron chi connectivity index (χ1n) is 6.65. The van der Waals surface area contributed by atoms with Gasteiger partial charge in [0.2, 0.25) is 5.91 Å². The number of nitrogens with one attached hydrogen (secondary N) is 1. The van der Waals surface area contributed by atoms with Crippen LogP contribution in [0, 0.1) is 6.92 Å². The number of anilines is 1. The minimum atomic E-state index is -0.0416. The molecule has 0 radical (unpaired) electrons. The number of hydrogen-bond donors (Lipinski definition) is 1. The van der Waals surface area contributed by atoms with Crippen LogP contribution in [0.25, 0.3) is 0 Å². The highest BCUT2D eigenvalue weighted by Crippen LogP contribution is 2.35. The van der Waals surface area contributed by atoms with E-state index in [0.29, 0.717) is 5.15 Å². The molecule has 2 aromatic heterocycles. The Hall–Kier alpha value is -1.39. The van der Waals surface area contributed by atoms with Crippen molar-refractivity contribution < 1.29 is 4.79 Å². The molecule has 1 aliphatic rings. The number of hydrogen-bond acceptors (Lipinski definition) is 3. The van der Waals surface area contributed by atoms with Crippen molar-refractivity contribution in [3.63, 3.8) is 0 Å². The van der Waals surface area contributed by atoms with Crippen molar-refractivity contribution in [1.29, 1.82) is 0 Å². The largest absolute Gasteiger partial charge is 0.324 e. The van der Waals surface area contributed by atoms with E-state index in [1.54, 1.807) is 23.5 Å². The second kappa shape index (κ2) is 5.54. The minimum Gasteiger partial charge on any atom is -0.324 e. The minimum absolute atomic E-state index is 0.0416. The molecule has 104 valence electrons. The van der Waals surface area contributed by atoms with Crippen LogP contribution in [0.4, 0.5) is 5.69 Å². The second-order valence-electron chi connectivity index (χ2n) is 5.00. The lowest BCUT2D eigenvalue weighted by Crippen LogP contribution is -2.24. The fourth-order valence-corrected chi connectivity index (χ4v) is 3.82. The number of aryl methyl sites for hydroxylation is 2. The number of rotatable bonds is 2. The van der Waals surface area contributed by atoms with Gasteiger partial charge in [-0.15, -0.1) is 11.3 Å². The van der Waals surface area contributed by atoms with Crippen molar-refractivity contribution in [3.05, 3.63) is 44.9 Å². The maximum atomic E-state index is 12.5. The van der Waals surface area contributed by atoms with Gasteiger partial charge in [0.15, 0.2) is 0 Å². The van der Waals surface area contributed by atoms with Gasteiger partial charge in [-0.3, -0.25) is 4.79 Å². The molecule has 0 bridgehead atoms. The Bertz CT molecular complexity index is 653. The zero-order valence-corrected chi connectivity index (χ0v) is 12.7. The summed E-state index contributed by atoms with van der Waals surface area (Å²) in [6.45, 7) is 1.85. The molecule has 1 atom stereocenters. The molecule has 3 rings (SSSR count). The van der Waals surface area contributed by atoms with E-state index in [2.05, 4.69) is 21.7 Å². The standard InChI is InChI=1S/C15H15ClN2OS/c1-9-12(5-6-14(16)17-9)18-15(19)11-3-2-4-13-10(11)7-8-20-13/h5-8,11H,2-4H2,1H3,(H,18,19). The van der Waals surface area contributed by atoms with Gasteiger partial charge in [-0.2, -0.15) is 0 Å². The predicted octanol–water partition coefficient (Wildman–Crippen LogP) is 4.16. The number of halogens is 1. The lowest BCUT2D eigenvalue weighted by Gasteiger charge is -2.22. The van der Waals surface area contributed by atoms with Gasteiger partial charge in [0.1, 0.15) is 5.15 Å². The van der Waals surface area contributed by atoms with Crippen LogP contribution in [-0.4, -0.2) is 10.9 Å². The molecule has 0 aromatic carbocycles. The molecule has 1 amide bonds. The number of fused-ring (bicyclic) bond motifs is 1. The van der Waals surface area contributed by atoms with Crippen LogP contribution >= 0.6 is 22.9 Å². The molecule has 1 aliphatic carbocycles. The normalized spacial score (nSPS) is 17.6. The molecular weight excluding hydrogens is 292 g/mol. The fraction of sp³-hybridized carbons (Fsp3) is 0.333. The lowest BCUT2D eigenvalue weighted by atomic mass is 9.87. The topological polar surface area (TPSA) is 42.0 Å². The zero-order valence-electron chi connectivity index (χ0n) is 11.1. The van der Waals surface area contributed by atoms with Gasteiger partial charge >= 0.3 is 0 Å². The van der Waals surface area contributed by atoms with Gasteiger partial charge in [0.25, 0.3) is 0 Å². The number of nitrogens with zero attached hydrogens (tertiary/aromatic N) is 1. The SMILES string of the molecule is Cc1nc(Cl)ccc1NC(=O)C1CCCc2sccc21. The molecule has 1 N–H and O–H groups in total. The molecular formula is C15H15ClN2OS. The first-order valence-corrected chi connectivity index (χ1v) is 7.91. The van der Waals surface area contributed by atoms with Crippen LogP contribution in [0.5, 0.6) is 0 Å². The first-order chi connectivity index (χ1) is 9.65. The summed E-state index contributed by atoms with van der Waals surface area (Å²) in [7, 11) is 0. The number of carbonyl (C=O) groups excluding carboxylic acids is 1. The Balaban J connectivity index is 1.81. The lowest BCUT2D eigenvalue weighted by molar-refractivity contribution is -0.117. The smallest absolute Gasteiger partial charge is 0.232 e. The van der Waals surface area contributed by atoms with E-state index >= 15 is 0 Å². The van der Waals surface area contributed by atoms with Crippen molar-refractivity contribution >= 4 is 34.5 Å². The molecule has 1 unspecified atom stereocenters. The number of aromatic nitrogens is 1. The highest BCUT2D eigenvalue weighted by atomic mass is 35.5. The van der Waals surface area contributed by atoms with E-state index in [4.69, 9.17) is 11.6 Å². The Labute approximate surface area is 127 Å². The van der Waals surface area contributed by atoms with E-state index in [1.807, 2.05) is 6.92 Å². The van der Waals surface area contributed by atoms with Crippen LogP contribution in [0.15, 0.2) is 23.6 Å². The molecule has 0 fully saturated rings. The van der Waals surface area contributed by atoms with Crippen LogP contribution < -0.4 is 5.32 Å². The highest BCUT2D eigenvalue weighted by Gasteiger charge is 2.27. The average Bonchev–Trinajstić information content (AvgIpc) is 2.90. The molecule has 2 aromatic rings. The summed E-state index contributed by atoms with van der Waals surface area (Å²) in [5.74, 6) is 0.0108. The Morgan fingerprint density at radius 3 is 3.10 bits per heavy atom. The molecule has 20 heavy (non-hydrogen) atoms. The van der Waals surface area contributed by atoms with Gasteiger partial charge in [-0.25, -0.2) is 4.98 Å². The monoisotopic (exact) mass is 306 g/mol. The number of carbonyl (C=O) groups is 1. The number of thiophene rings is 1. The number of pyridine rings is 1. The molecule has 0 aliphatic heterocycles. The summed E-state index contributed by atoms with van der Waals surface area (Å²) in [5.41, 5.74) is 2.67. The van der Waals surface area contributed by atoms with E-state index in [0.717, 1.165) is 30.6 Å². The van der Waals surface area contributed by atoms with Gasteiger partial charge in [-0.05, 0) is 55.3 Å². The Morgan fingerprint density at radius 1 is 1.45 bits per heavy atom. The summed E-state index contributed by atoms with van der Waals surface area (Å²) in [6.07, 6.45) is 3.08. The predicted molar refractivity (Wildman–Crippen MR) is 82.6 cm³/mol. The maximum absolute atomic E-state index is 12.5. The van der Waals surface area contributed by atoms with Crippen molar-refractivity contribution in [2.75, 3.05) is 5.32 Å². The molecule has 2 heterocycles. The summed E-state index contributed by atoms with van der Waals surface area (Å²) in [4.78, 5) is 18.0. The maximum Gasteiger partial charge on any atom is 0.232 e. The van der Waals surface area contributed by atoms with Crippen molar-refractivity contribution in [1.82, 2.24) is 4.98 Å². The van der Waals surface area contributed by atoms with E-state index in [-0.39, 0.29) is 11.8 Å². The Kier molecular flexibility index (Phi) is 3.76. The zero-order chi connectivity index (χ0) is 14.1. The summed E-state index contributed by atoms with van der Waals surface area (Å²) in [5, 5.41) is 5.50. The fourth-order valence-electron chi connectivity index (χ4n) is 2.64. The Morgan fingerprint density at radius 2 is 2.30 bits per heavy atom.